The van der Waals surface area contributed by atoms with Crippen molar-refractivity contribution in [3.05, 3.63) is 47.9 Å². The third-order valence-electron chi connectivity index (χ3n) is 3.99. The van der Waals surface area contributed by atoms with Gasteiger partial charge in [0.15, 0.2) is 17.3 Å². The predicted octanol–water partition coefficient (Wildman–Crippen LogP) is 3.64. The normalized spacial score (nSPS) is 11.4. The van der Waals surface area contributed by atoms with Crippen LogP contribution in [0.2, 0.25) is 0 Å². The highest BCUT2D eigenvalue weighted by Crippen LogP contribution is 2.27. The minimum absolute atomic E-state index is 0.180. The molecule has 0 spiro atoms. The first kappa shape index (κ1) is 21.3. The van der Waals surface area contributed by atoms with E-state index in [-0.39, 0.29) is 11.8 Å². The lowest BCUT2D eigenvalue weighted by molar-refractivity contribution is 0.0966. The highest BCUT2D eigenvalue weighted by Gasteiger charge is 2.15. The number of amidine groups is 1. The Morgan fingerprint density at radius 2 is 1.93 bits per heavy atom. The molecule has 1 aromatic heterocycles. The summed E-state index contributed by atoms with van der Waals surface area (Å²) >= 11 is 0. The lowest BCUT2D eigenvalue weighted by atomic mass is 10.1. The Balaban J connectivity index is 2.09. The van der Waals surface area contributed by atoms with Crippen molar-refractivity contribution in [3.8, 4) is 11.5 Å². The van der Waals surface area contributed by atoms with E-state index in [0.29, 0.717) is 30.6 Å². The van der Waals surface area contributed by atoms with Crippen LogP contribution >= 0.6 is 0 Å². The quantitative estimate of drug-likeness (QED) is 0.508. The van der Waals surface area contributed by atoms with Crippen molar-refractivity contribution in [2.24, 2.45) is 10.9 Å². The first-order chi connectivity index (χ1) is 13.4. The van der Waals surface area contributed by atoms with Crippen LogP contribution in [-0.2, 0) is 11.2 Å². The summed E-state index contributed by atoms with van der Waals surface area (Å²) in [6, 6.07) is 9.30. The molecule has 0 atom stereocenters. The van der Waals surface area contributed by atoms with E-state index in [4.69, 9.17) is 18.6 Å². The maximum absolute atomic E-state index is 12.3. The van der Waals surface area contributed by atoms with E-state index in [2.05, 4.69) is 4.99 Å². The van der Waals surface area contributed by atoms with Crippen molar-refractivity contribution in [1.82, 2.24) is 4.90 Å². The molecule has 0 radical (unpaired) electrons. The second-order valence-electron chi connectivity index (χ2n) is 6.74. The lowest BCUT2D eigenvalue weighted by Crippen LogP contribution is -2.32. The third kappa shape index (κ3) is 6.04. The Kier molecular flexibility index (Phi) is 7.92. The average molecular weight is 388 g/mol. The molecule has 0 fully saturated rings. The Morgan fingerprint density at radius 3 is 2.54 bits per heavy atom. The molecule has 2 rings (SSSR count). The number of likely N-dealkylation sites (N-methyl/N-ethyl adjacent to an activating group) is 1. The molecule has 0 saturated carbocycles. The van der Waals surface area contributed by atoms with Crippen molar-refractivity contribution in [2.75, 3.05) is 34.4 Å². The number of hydrogen-bond acceptors (Lipinski definition) is 5. The summed E-state index contributed by atoms with van der Waals surface area (Å²) in [5.41, 5.74) is 1.07. The van der Waals surface area contributed by atoms with E-state index in [9.17, 15) is 4.79 Å². The molecule has 2 aromatic rings. The molecule has 0 bridgehead atoms. The van der Waals surface area contributed by atoms with E-state index in [1.807, 2.05) is 44.0 Å². The molecule has 7 heteroatoms. The van der Waals surface area contributed by atoms with Crippen molar-refractivity contribution in [1.29, 1.82) is 0 Å². The van der Waals surface area contributed by atoms with Crippen LogP contribution < -0.4 is 9.47 Å². The second kappa shape index (κ2) is 10.4. The molecular weight excluding hydrogens is 360 g/mol. The van der Waals surface area contributed by atoms with Crippen LogP contribution in [0, 0.1) is 5.92 Å². The van der Waals surface area contributed by atoms with Gasteiger partial charge in [-0.2, -0.15) is 4.99 Å². The number of carbonyl (C=O) groups is 1. The highest BCUT2D eigenvalue weighted by molar-refractivity contribution is 5.99. The van der Waals surface area contributed by atoms with Gasteiger partial charge < -0.3 is 23.5 Å². The van der Waals surface area contributed by atoms with Crippen LogP contribution in [0.25, 0.3) is 0 Å². The van der Waals surface area contributed by atoms with Crippen LogP contribution in [0.4, 0.5) is 0 Å². The molecule has 0 unspecified atom stereocenters. The van der Waals surface area contributed by atoms with Crippen LogP contribution in [0.3, 0.4) is 0 Å². The van der Waals surface area contributed by atoms with Gasteiger partial charge in [0.2, 0.25) is 0 Å². The molecule has 0 aliphatic heterocycles. The van der Waals surface area contributed by atoms with Crippen LogP contribution in [0.1, 0.15) is 30.0 Å². The second-order valence-corrected chi connectivity index (χ2v) is 6.74. The summed E-state index contributed by atoms with van der Waals surface area (Å²) in [7, 11) is 5.06. The van der Waals surface area contributed by atoms with Crippen LogP contribution in [-0.4, -0.2) is 51.2 Å². The Hall–Kier alpha value is -2.96. The number of furan rings is 1. The van der Waals surface area contributed by atoms with Gasteiger partial charge in [0.05, 0.1) is 27.1 Å². The van der Waals surface area contributed by atoms with Gasteiger partial charge >= 0.3 is 5.91 Å². The minimum atomic E-state index is -0.471. The van der Waals surface area contributed by atoms with E-state index < -0.39 is 5.91 Å². The topological polar surface area (TPSA) is 73.5 Å². The number of aliphatic imine (C=N–C) groups is 1. The van der Waals surface area contributed by atoms with Gasteiger partial charge in [-0.1, -0.05) is 19.9 Å². The monoisotopic (exact) mass is 388 g/mol. The fourth-order valence-corrected chi connectivity index (χ4v) is 2.44. The summed E-state index contributed by atoms with van der Waals surface area (Å²) in [5, 5.41) is 0. The van der Waals surface area contributed by atoms with Crippen LogP contribution in [0.5, 0.6) is 11.5 Å². The molecule has 152 valence electrons. The molecule has 7 nitrogen and oxygen atoms in total. The molecule has 0 N–H and O–H groups in total. The number of rotatable bonds is 8. The van der Waals surface area contributed by atoms with Gasteiger partial charge in [0.25, 0.3) is 6.02 Å². The number of methoxy groups -OCH3 is 2. The van der Waals surface area contributed by atoms with Crippen molar-refractivity contribution >= 4 is 11.9 Å². The Bertz CT molecular complexity index is 784. The Labute approximate surface area is 165 Å². The number of hydrogen-bond donors (Lipinski definition) is 0. The van der Waals surface area contributed by atoms with E-state index in [1.165, 1.54) is 6.26 Å². The van der Waals surface area contributed by atoms with E-state index in [0.717, 1.165) is 12.0 Å². The lowest BCUT2D eigenvalue weighted by Gasteiger charge is -2.22. The zero-order chi connectivity index (χ0) is 20.5. The van der Waals surface area contributed by atoms with Crippen molar-refractivity contribution < 1.29 is 23.4 Å². The molecule has 1 aromatic carbocycles. The van der Waals surface area contributed by atoms with Gasteiger partial charge in [-0.05, 0) is 42.2 Å². The minimum Gasteiger partial charge on any atom is -0.493 e. The fraction of sp³-hybridized carbons (Fsp3) is 0.429. The predicted molar refractivity (Wildman–Crippen MR) is 107 cm³/mol. The number of nitrogens with zero attached hydrogens (tertiary/aromatic N) is 2. The molecule has 0 aliphatic rings. The molecule has 0 saturated heterocycles. The maximum atomic E-state index is 12.3. The van der Waals surface area contributed by atoms with Gasteiger partial charge in [0.1, 0.15) is 0 Å². The fourth-order valence-electron chi connectivity index (χ4n) is 2.44. The SMILES string of the molecule is COc1ccc(CCN(C)C(=NC(=O)c2ccco2)OCC(C)C)cc1OC. The zero-order valence-electron chi connectivity index (χ0n) is 17.1. The standard InChI is InChI=1S/C21H28N2O5/c1-15(2)14-28-21(22-20(24)18-7-6-12-27-18)23(3)11-10-16-8-9-17(25-4)19(13-16)26-5/h6-9,12-13,15H,10-11,14H2,1-5H3. The van der Waals surface area contributed by atoms with Crippen LogP contribution in [0.15, 0.2) is 46.0 Å². The Morgan fingerprint density at radius 1 is 1.18 bits per heavy atom. The smallest absolute Gasteiger partial charge is 0.317 e. The summed E-state index contributed by atoms with van der Waals surface area (Å²) < 4.78 is 21.5. The van der Waals surface area contributed by atoms with E-state index in [1.54, 1.807) is 26.4 Å². The summed E-state index contributed by atoms with van der Waals surface area (Å²) in [4.78, 5) is 18.2. The number of benzene rings is 1. The molecule has 1 heterocycles. The third-order valence-corrected chi connectivity index (χ3v) is 3.99. The number of amides is 1. The number of carbonyl (C=O) groups excluding carboxylic acids is 1. The largest absolute Gasteiger partial charge is 0.493 e. The molecule has 1 amide bonds. The average Bonchev–Trinajstić information content (AvgIpc) is 3.23. The molecule has 0 aliphatic carbocycles. The highest BCUT2D eigenvalue weighted by atomic mass is 16.5. The van der Waals surface area contributed by atoms with Crippen molar-refractivity contribution in [3.63, 3.8) is 0 Å². The molecule has 28 heavy (non-hydrogen) atoms. The summed E-state index contributed by atoms with van der Waals surface area (Å²) in [6.45, 7) is 5.15. The van der Waals surface area contributed by atoms with Gasteiger partial charge in [0, 0.05) is 13.6 Å². The van der Waals surface area contributed by atoms with Crippen molar-refractivity contribution in [2.45, 2.75) is 20.3 Å². The first-order valence-electron chi connectivity index (χ1n) is 9.16. The zero-order valence-corrected chi connectivity index (χ0v) is 17.1. The number of ether oxygens (including phenoxy) is 3. The van der Waals surface area contributed by atoms with Gasteiger partial charge in [-0.3, -0.25) is 4.79 Å². The van der Waals surface area contributed by atoms with Gasteiger partial charge in [-0.15, -0.1) is 0 Å². The summed E-state index contributed by atoms with van der Waals surface area (Å²) in [5.74, 6) is 1.38. The first-order valence-corrected chi connectivity index (χ1v) is 9.16. The molecular formula is C21H28N2O5. The van der Waals surface area contributed by atoms with E-state index >= 15 is 0 Å². The van der Waals surface area contributed by atoms with Gasteiger partial charge in [-0.25, -0.2) is 0 Å². The summed E-state index contributed by atoms with van der Waals surface area (Å²) in [6.07, 6.45) is 2.16. The maximum Gasteiger partial charge on any atom is 0.317 e.